The molecule has 0 bridgehead atoms. The molecule has 0 saturated heterocycles. The molecular formula is C14H13ClO2. The van der Waals surface area contributed by atoms with Gasteiger partial charge >= 0.3 is 0 Å². The molecule has 2 rings (SSSR count). The van der Waals surface area contributed by atoms with Gasteiger partial charge in [-0.05, 0) is 24.1 Å². The van der Waals surface area contributed by atoms with Crippen LogP contribution in [0.2, 0.25) is 5.02 Å². The van der Waals surface area contributed by atoms with E-state index in [0.717, 1.165) is 11.1 Å². The number of hydrogen-bond acceptors (Lipinski definition) is 2. The second-order valence-electron chi connectivity index (χ2n) is 3.80. The van der Waals surface area contributed by atoms with Gasteiger partial charge in [0, 0.05) is 0 Å². The number of aromatic hydroxyl groups is 1. The molecule has 0 aliphatic rings. The first-order valence-electron chi connectivity index (χ1n) is 5.26. The fraction of sp³-hybridized carbons (Fsp3) is 0.143. The van der Waals surface area contributed by atoms with Crippen molar-refractivity contribution in [3.05, 3.63) is 47.0 Å². The summed E-state index contributed by atoms with van der Waals surface area (Å²) in [6.45, 7) is 1.83. The molecule has 0 amide bonds. The van der Waals surface area contributed by atoms with Gasteiger partial charge in [0.05, 0.1) is 17.7 Å². The Labute approximate surface area is 105 Å². The van der Waals surface area contributed by atoms with E-state index in [1.807, 2.05) is 37.3 Å². The van der Waals surface area contributed by atoms with E-state index >= 15 is 0 Å². The Morgan fingerprint density at radius 3 is 2.41 bits per heavy atom. The van der Waals surface area contributed by atoms with E-state index in [2.05, 4.69) is 0 Å². The molecule has 88 valence electrons. The monoisotopic (exact) mass is 248 g/mol. The van der Waals surface area contributed by atoms with Crippen LogP contribution >= 0.6 is 11.6 Å². The number of hydrogen-bond donors (Lipinski definition) is 1. The minimum absolute atomic E-state index is 0.176. The van der Waals surface area contributed by atoms with Crippen molar-refractivity contribution in [1.29, 1.82) is 0 Å². The van der Waals surface area contributed by atoms with E-state index in [1.165, 1.54) is 0 Å². The van der Waals surface area contributed by atoms with E-state index in [-0.39, 0.29) is 5.75 Å². The van der Waals surface area contributed by atoms with Crippen LogP contribution in [0.3, 0.4) is 0 Å². The summed E-state index contributed by atoms with van der Waals surface area (Å²) in [7, 11) is 1.55. The number of phenols is 1. The summed E-state index contributed by atoms with van der Waals surface area (Å²) in [5.41, 5.74) is 2.30. The lowest BCUT2D eigenvalue weighted by Gasteiger charge is -2.14. The van der Waals surface area contributed by atoms with Crippen molar-refractivity contribution in [2.45, 2.75) is 6.92 Å². The standard InChI is InChI=1S/C14H13ClO2/c1-9-8-11(16)12(14(17-2)13(9)15)10-6-4-3-5-7-10/h3-8,16H,1-2H3. The number of halogens is 1. The molecule has 2 aromatic carbocycles. The highest BCUT2D eigenvalue weighted by atomic mass is 35.5. The van der Waals surface area contributed by atoms with Gasteiger partial charge in [0.1, 0.15) is 11.5 Å². The van der Waals surface area contributed by atoms with Gasteiger partial charge in [-0.1, -0.05) is 41.9 Å². The van der Waals surface area contributed by atoms with Gasteiger partial charge in [0.15, 0.2) is 0 Å². The molecule has 0 fully saturated rings. The highest BCUT2D eigenvalue weighted by Crippen LogP contribution is 2.44. The van der Waals surface area contributed by atoms with E-state index in [4.69, 9.17) is 16.3 Å². The average molecular weight is 249 g/mol. The summed E-state index contributed by atoms with van der Waals surface area (Å²) in [5, 5.41) is 10.6. The molecule has 1 N–H and O–H groups in total. The van der Waals surface area contributed by atoms with Gasteiger partial charge < -0.3 is 9.84 Å². The van der Waals surface area contributed by atoms with E-state index in [9.17, 15) is 5.11 Å². The van der Waals surface area contributed by atoms with Crippen molar-refractivity contribution in [2.75, 3.05) is 7.11 Å². The molecule has 3 heteroatoms. The molecule has 0 spiro atoms. The quantitative estimate of drug-likeness (QED) is 0.870. The zero-order valence-corrected chi connectivity index (χ0v) is 10.5. The number of aryl methyl sites for hydroxylation is 1. The zero-order chi connectivity index (χ0) is 12.4. The molecule has 0 unspecified atom stereocenters. The second-order valence-corrected chi connectivity index (χ2v) is 4.18. The van der Waals surface area contributed by atoms with Gasteiger partial charge in [-0.2, -0.15) is 0 Å². The molecule has 0 heterocycles. The van der Waals surface area contributed by atoms with E-state index in [0.29, 0.717) is 16.3 Å². The summed E-state index contributed by atoms with van der Waals surface area (Å²) in [5.74, 6) is 0.685. The first kappa shape index (κ1) is 11.8. The SMILES string of the molecule is COc1c(Cl)c(C)cc(O)c1-c1ccccc1. The van der Waals surface area contributed by atoms with Crippen LogP contribution in [0.4, 0.5) is 0 Å². The molecule has 0 atom stereocenters. The van der Waals surface area contributed by atoms with Crippen molar-refractivity contribution in [1.82, 2.24) is 0 Å². The Hall–Kier alpha value is -1.67. The highest BCUT2D eigenvalue weighted by molar-refractivity contribution is 6.33. The summed E-state index contributed by atoms with van der Waals surface area (Å²) in [4.78, 5) is 0. The first-order chi connectivity index (χ1) is 8.15. The van der Waals surface area contributed by atoms with Gasteiger partial charge in [0.25, 0.3) is 0 Å². The van der Waals surface area contributed by atoms with Crippen LogP contribution in [0, 0.1) is 6.92 Å². The normalized spacial score (nSPS) is 10.3. The highest BCUT2D eigenvalue weighted by Gasteiger charge is 2.16. The van der Waals surface area contributed by atoms with Crippen LogP contribution < -0.4 is 4.74 Å². The van der Waals surface area contributed by atoms with Crippen LogP contribution in [-0.4, -0.2) is 12.2 Å². The first-order valence-corrected chi connectivity index (χ1v) is 5.64. The third-order valence-electron chi connectivity index (χ3n) is 2.65. The van der Waals surface area contributed by atoms with Gasteiger partial charge in [-0.25, -0.2) is 0 Å². The number of ether oxygens (including phenoxy) is 1. The minimum atomic E-state index is 0.176. The number of rotatable bonds is 2. The fourth-order valence-electron chi connectivity index (χ4n) is 1.82. The van der Waals surface area contributed by atoms with Crippen LogP contribution in [-0.2, 0) is 0 Å². The Balaban J connectivity index is 2.73. The van der Waals surface area contributed by atoms with Crippen LogP contribution in [0.15, 0.2) is 36.4 Å². The predicted molar refractivity (Wildman–Crippen MR) is 69.8 cm³/mol. The topological polar surface area (TPSA) is 29.5 Å². The maximum Gasteiger partial charge on any atom is 0.149 e. The predicted octanol–water partition coefficient (Wildman–Crippen LogP) is 4.03. The largest absolute Gasteiger partial charge is 0.507 e. The molecule has 0 aromatic heterocycles. The second kappa shape index (κ2) is 4.68. The van der Waals surface area contributed by atoms with Crippen molar-refractivity contribution in [2.24, 2.45) is 0 Å². The molecule has 0 aliphatic carbocycles. The Morgan fingerprint density at radius 1 is 1.18 bits per heavy atom. The van der Waals surface area contributed by atoms with Crippen LogP contribution in [0.25, 0.3) is 11.1 Å². The number of methoxy groups -OCH3 is 1. The van der Waals surface area contributed by atoms with Crippen molar-refractivity contribution in [3.8, 4) is 22.6 Å². The molecular weight excluding hydrogens is 236 g/mol. The van der Waals surface area contributed by atoms with Gasteiger partial charge in [0.2, 0.25) is 0 Å². The summed E-state index contributed by atoms with van der Waals surface area (Å²) in [6.07, 6.45) is 0. The Morgan fingerprint density at radius 2 is 1.82 bits per heavy atom. The number of benzene rings is 2. The fourth-order valence-corrected chi connectivity index (χ4v) is 2.05. The zero-order valence-electron chi connectivity index (χ0n) is 9.70. The molecule has 0 aliphatic heterocycles. The van der Waals surface area contributed by atoms with Gasteiger partial charge in [-0.3, -0.25) is 0 Å². The van der Waals surface area contributed by atoms with Gasteiger partial charge in [-0.15, -0.1) is 0 Å². The average Bonchev–Trinajstić information content (AvgIpc) is 2.34. The van der Waals surface area contributed by atoms with Crippen molar-refractivity contribution < 1.29 is 9.84 Å². The van der Waals surface area contributed by atoms with E-state index < -0.39 is 0 Å². The molecule has 2 nitrogen and oxygen atoms in total. The summed E-state index contributed by atoms with van der Waals surface area (Å²) >= 11 is 6.18. The molecule has 0 radical (unpaired) electrons. The lowest BCUT2D eigenvalue weighted by Crippen LogP contribution is -1.92. The maximum atomic E-state index is 10.0. The third-order valence-corrected chi connectivity index (χ3v) is 3.12. The Bertz CT molecular complexity index is 536. The third kappa shape index (κ3) is 2.08. The van der Waals surface area contributed by atoms with Crippen molar-refractivity contribution >= 4 is 11.6 Å². The summed E-state index contributed by atoms with van der Waals surface area (Å²) < 4.78 is 5.30. The maximum absolute atomic E-state index is 10.0. The van der Waals surface area contributed by atoms with Crippen LogP contribution in [0.5, 0.6) is 11.5 Å². The van der Waals surface area contributed by atoms with Crippen LogP contribution in [0.1, 0.15) is 5.56 Å². The number of phenolic OH excluding ortho intramolecular Hbond substituents is 1. The lowest BCUT2D eigenvalue weighted by molar-refractivity contribution is 0.410. The minimum Gasteiger partial charge on any atom is -0.507 e. The molecule has 17 heavy (non-hydrogen) atoms. The molecule has 0 saturated carbocycles. The molecule has 2 aromatic rings. The lowest BCUT2D eigenvalue weighted by atomic mass is 10.0. The summed E-state index contributed by atoms with van der Waals surface area (Å²) in [6, 6.07) is 11.2. The van der Waals surface area contributed by atoms with Crippen molar-refractivity contribution in [3.63, 3.8) is 0 Å². The smallest absolute Gasteiger partial charge is 0.149 e. The van der Waals surface area contributed by atoms with E-state index in [1.54, 1.807) is 13.2 Å². The Kier molecular flexibility index (Phi) is 3.25.